The van der Waals surface area contributed by atoms with Crippen LogP contribution in [0.15, 0.2) is 10.7 Å². The minimum absolute atomic E-state index is 0.0939. The predicted octanol–water partition coefficient (Wildman–Crippen LogP) is 2.33. The van der Waals surface area contributed by atoms with E-state index in [4.69, 9.17) is 0 Å². The van der Waals surface area contributed by atoms with Crippen LogP contribution in [0.2, 0.25) is 0 Å². The second-order valence-electron chi connectivity index (χ2n) is 4.85. The molecule has 0 radical (unpaired) electrons. The van der Waals surface area contributed by atoms with Crippen LogP contribution in [-0.2, 0) is 6.54 Å². The molecular weight excluding hydrogens is 288 g/mol. The van der Waals surface area contributed by atoms with E-state index in [-0.39, 0.29) is 11.4 Å². The molecule has 0 aliphatic carbocycles. The van der Waals surface area contributed by atoms with Gasteiger partial charge < -0.3 is 15.4 Å². The van der Waals surface area contributed by atoms with E-state index in [0.717, 1.165) is 13.0 Å². The molecule has 0 bridgehead atoms. The average molecular weight is 305 g/mol. The molecule has 1 aromatic rings. The first-order valence-electron chi connectivity index (χ1n) is 5.42. The zero-order valence-electron chi connectivity index (χ0n) is 10.2. The predicted molar refractivity (Wildman–Crippen MR) is 69.0 cm³/mol. The van der Waals surface area contributed by atoms with Crippen LogP contribution in [0.25, 0.3) is 0 Å². The third-order valence-corrected chi connectivity index (χ3v) is 2.65. The van der Waals surface area contributed by atoms with Crippen molar-refractivity contribution in [1.29, 1.82) is 0 Å². The van der Waals surface area contributed by atoms with Crippen LogP contribution >= 0.6 is 15.9 Å². The first-order valence-corrected chi connectivity index (χ1v) is 6.21. The van der Waals surface area contributed by atoms with Gasteiger partial charge in [0.15, 0.2) is 0 Å². The Balaban J connectivity index is 2.43. The Kier molecular flexibility index (Phi) is 4.64. The van der Waals surface area contributed by atoms with Crippen molar-refractivity contribution in [3.8, 4) is 0 Å². The summed E-state index contributed by atoms with van der Waals surface area (Å²) in [7, 11) is 0. The summed E-state index contributed by atoms with van der Waals surface area (Å²) in [4.78, 5) is 10.1. The highest BCUT2D eigenvalue weighted by Gasteiger charge is 2.18. The molecule has 1 rings (SSSR count). The van der Waals surface area contributed by atoms with Crippen molar-refractivity contribution in [3.63, 3.8) is 0 Å². The Morgan fingerprint density at radius 3 is 2.71 bits per heavy atom. The second-order valence-corrected chi connectivity index (χ2v) is 5.71. The first-order chi connectivity index (χ1) is 7.79. The lowest BCUT2D eigenvalue weighted by molar-refractivity contribution is -0.390. The van der Waals surface area contributed by atoms with Crippen molar-refractivity contribution >= 4 is 21.7 Å². The molecule has 0 amide bonds. The maximum atomic E-state index is 10.6. The van der Waals surface area contributed by atoms with Crippen LogP contribution in [0.4, 0.5) is 5.82 Å². The molecule has 0 saturated carbocycles. The largest absolute Gasteiger partial charge is 0.404 e. The van der Waals surface area contributed by atoms with Crippen LogP contribution in [0, 0.1) is 10.1 Å². The summed E-state index contributed by atoms with van der Waals surface area (Å²) in [5.74, 6) is -0.131. The summed E-state index contributed by atoms with van der Waals surface area (Å²) in [6, 6.07) is 0. The summed E-state index contributed by atoms with van der Waals surface area (Å²) in [6.07, 6.45) is 2.51. The third-order valence-electron chi connectivity index (χ3n) is 2.09. The van der Waals surface area contributed by atoms with Crippen LogP contribution in [-0.4, -0.2) is 26.8 Å². The molecule has 1 heterocycles. The highest BCUT2D eigenvalue weighted by Crippen LogP contribution is 2.21. The van der Waals surface area contributed by atoms with Gasteiger partial charge in [-0.1, -0.05) is 0 Å². The molecular formula is C10H17BrN4O2. The lowest BCUT2D eigenvalue weighted by Gasteiger charge is -2.20. The molecule has 1 N–H and O–H groups in total. The van der Waals surface area contributed by atoms with Gasteiger partial charge >= 0.3 is 5.82 Å². The molecule has 0 aromatic carbocycles. The average Bonchev–Trinajstić information content (AvgIpc) is 2.53. The molecule has 0 saturated heterocycles. The highest BCUT2D eigenvalue weighted by molar-refractivity contribution is 9.10. The summed E-state index contributed by atoms with van der Waals surface area (Å²) in [6.45, 7) is 7.82. The monoisotopic (exact) mass is 304 g/mol. The number of nitro groups is 1. The van der Waals surface area contributed by atoms with Crippen LogP contribution in [0.3, 0.4) is 0 Å². The zero-order chi connectivity index (χ0) is 13.1. The molecule has 1 aromatic heterocycles. The quantitative estimate of drug-likeness (QED) is 0.515. The SMILES string of the molecule is CC(C)(C)NCCCn1cc(Br)c([N+](=O)[O-])n1. The molecule has 6 nitrogen and oxygen atoms in total. The highest BCUT2D eigenvalue weighted by atomic mass is 79.9. The lowest BCUT2D eigenvalue weighted by Crippen LogP contribution is -2.36. The van der Waals surface area contributed by atoms with Gasteiger partial charge in [0.05, 0.1) is 17.8 Å². The fraction of sp³-hybridized carbons (Fsp3) is 0.700. The van der Waals surface area contributed by atoms with Gasteiger partial charge in [0.1, 0.15) is 4.47 Å². The van der Waals surface area contributed by atoms with Gasteiger partial charge in [-0.3, -0.25) is 0 Å². The molecule has 0 fully saturated rings. The number of hydrogen-bond donors (Lipinski definition) is 1. The number of rotatable bonds is 5. The minimum atomic E-state index is -0.492. The summed E-state index contributed by atoms with van der Waals surface area (Å²) < 4.78 is 2.01. The van der Waals surface area contributed by atoms with Crippen LogP contribution in [0.1, 0.15) is 27.2 Å². The Morgan fingerprint density at radius 1 is 1.59 bits per heavy atom. The van der Waals surface area contributed by atoms with Crippen molar-refractivity contribution in [2.24, 2.45) is 0 Å². The normalized spacial score (nSPS) is 11.8. The summed E-state index contributed by atoms with van der Waals surface area (Å²) in [5.41, 5.74) is 0.0939. The fourth-order valence-electron chi connectivity index (χ4n) is 1.33. The molecule has 0 unspecified atom stereocenters. The Hall–Kier alpha value is -0.950. The topological polar surface area (TPSA) is 73.0 Å². The van der Waals surface area contributed by atoms with Crippen LogP contribution in [0.5, 0.6) is 0 Å². The van der Waals surface area contributed by atoms with Gasteiger partial charge in [0.25, 0.3) is 0 Å². The van der Waals surface area contributed by atoms with E-state index in [1.54, 1.807) is 10.9 Å². The second kappa shape index (κ2) is 5.59. The van der Waals surface area contributed by atoms with Crippen molar-refractivity contribution < 1.29 is 4.92 Å². The van der Waals surface area contributed by atoms with Gasteiger partial charge in [0.2, 0.25) is 0 Å². The van der Waals surface area contributed by atoms with E-state index in [2.05, 4.69) is 47.1 Å². The Morgan fingerprint density at radius 2 is 2.24 bits per heavy atom. The smallest absolute Gasteiger partial charge is 0.358 e. The van der Waals surface area contributed by atoms with Crippen molar-refractivity contribution in [1.82, 2.24) is 15.1 Å². The minimum Gasteiger partial charge on any atom is -0.358 e. The molecule has 0 aliphatic heterocycles. The number of halogens is 1. The lowest BCUT2D eigenvalue weighted by atomic mass is 10.1. The number of aryl methyl sites for hydroxylation is 1. The van der Waals surface area contributed by atoms with E-state index >= 15 is 0 Å². The Labute approximate surface area is 109 Å². The maximum Gasteiger partial charge on any atom is 0.404 e. The molecule has 0 aliphatic rings. The molecule has 96 valence electrons. The van der Waals surface area contributed by atoms with Gasteiger partial charge in [-0.05, 0) is 54.6 Å². The van der Waals surface area contributed by atoms with Crippen molar-refractivity contribution in [2.75, 3.05) is 6.54 Å². The van der Waals surface area contributed by atoms with Crippen LogP contribution < -0.4 is 5.32 Å². The number of nitrogens with zero attached hydrogens (tertiary/aromatic N) is 3. The van der Waals surface area contributed by atoms with E-state index < -0.39 is 4.92 Å². The van der Waals surface area contributed by atoms with E-state index in [1.807, 2.05) is 0 Å². The fourth-order valence-corrected chi connectivity index (χ4v) is 1.79. The van der Waals surface area contributed by atoms with Gasteiger partial charge in [-0.25, -0.2) is 0 Å². The van der Waals surface area contributed by atoms with Gasteiger partial charge in [-0.15, -0.1) is 0 Å². The number of hydrogen-bond acceptors (Lipinski definition) is 4. The molecule has 17 heavy (non-hydrogen) atoms. The summed E-state index contributed by atoms with van der Waals surface area (Å²) >= 11 is 3.12. The van der Waals surface area contributed by atoms with E-state index in [9.17, 15) is 10.1 Å². The van der Waals surface area contributed by atoms with Gasteiger partial charge in [-0.2, -0.15) is 4.68 Å². The number of nitrogens with one attached hydrogen (secondary N) is 1. The van der Waals surface area contributed by atoms with E-state index in [0.29, 0.717) is 11.0 Å². The zero-order valence-corrected chi connectivity index (χ0v) is 11.8. The van der Waals surface area contributed by atoms with Crippen molar-refractivity contribution in [3.05, 3.63) is 20.8 Å². The standard InChI is InChI=1S/C10H17BrN4O2/c1-10(2,3)12-5-4-6-14-7-8(11)9(13-14)15(16)17/h7,12H,4-6H2,1-3H3. The van der Waals surface area contributed by atoms with Crippen molar-refractivity contribution in [2.45, 2.75) is 39.3 Å². The van der Waals surface area contributed by atoms with E-state index in [1.165, 1.54) is 0 Å². The summed E-state index contributed by atoms with van der Waals surface area (Å²) in [5, 5.41) is 17.8. The first kappa shape index (κ1) is 14.1. The molecule has 0 atom stereocenters. The number of aromatic nitrogens is 2. The van der Waals surface area contributed by atoms with Gasteiger partial charge in [0, 0.05) is 5.54 Å². The third kappa shape index (κ3) is 4.82. The Bertz CT molecular complexity index is 398. The molecule has 7 heteroatoms. The molecule has 0 spiro atoms. The maximum absolute atomic E-state index is 10.6.